The third-order valence-corrected chi connectivity index (χ3v) is 3.21. The summed E-state index contributed by atoms with van der Waals surface area (Å²) >= 11 is 0. The van der Waals surface area contributed by atoms with Crippen LogP contribution < -0.4 is 9.47 Å². The molecule has 2 aromatic rings. The number of alkyl halides is 3. The molecule has 0 aliphatic rings. The van der Waals surface area contributed by atoms with E-state index in [1.165, 1.54) is 19.2 Å². The zero-order valence-electron chi connectivity index (χ0n) is 14.2. The number of carboxylic acids is 1. The zero-order chi connectivity index (χ0) is 20.0. The van der Waals surface area contributed by atoms with E-state index in [1.54, 1.807) is 12.1 Å². The van der Waals surface area contributed by atoms with Crippen molar-refractivity contribution in [2.75, 3.05) is 7.11 Å². The summed E-state index contributed by atoms with van der Waals surface area (Å²) in [6.45, 7) is 0.840. The largest absolute Gasteiger partial charge is 0.503 e. The van der Waals surface area contributed by atoms with Gasteiger partial charge in [-0.15, -0.1) is 0 Å². The normalized spacial score (nSPS) is 13.0. The van der Waals surface area contributed by atoms with Crippen LogP contribution >= 0.6 is 0 Å². The monoisotopic (exact) mass is 384 g/mol. The van der Waals surface area contributed by atoms with Gasteiger partial charge in [-0.25, -0.2) is 9.78 Å². The van der Waals surface area contributed by atoms with Crippen LogP contribution in [0.1, 0.15) is 12.5 Å². The van der Waals surface area contributed by atoms with Crippen LogP contribution in [0.2, 0.25) is 0 Å². The van der Waals surface area contributed by atoms with Crippen molar-refractivity contribution in [3.8, 4) is 17.6 Å². The molecule has 0 amide bonds. The summed E-state index contributed by atoms with van der Waals surface area (Å²) in [5, 5.41) is 9.31. The van der Waals surface area contributed by atoms with Crippen LogP contribution in [0, 0.1) is 0 Å². The average molecular weight is 384 g/mol. The number of aliphatic carboxylic acids is 1. The van der Waals surface area contributed by atoms with Gasteiger partial charge in [0, 0.05) is 17.8 Å². The molecule has 1 atom stereocenters. The van der Waals surface area contributed by atoms with Crippen molar-refractivity contribution in [1.82, 2.24) is 9.97 Å². The first-order chi connectivity index (χ1) is 12.7. The molecular weight excluding hydrogens is 369 g/mol. The summed E-state index contributed by atoms with van der Waals surface area (Å²) in [6.07, 6.45) is -4.45. The number of ether oxygens (including phenoxy) is 3. The summed E-state index contributed by atoms with van der Waals surface area (Å²) in [4.78, 5) is 19.0. The van der Waals surface area contributed by atoms with E-state index in [1.807, 2.05) is 0 Å². The molecule has 1 heterocycles. The number of carboxylic acid groups (broad SMARTS) is 1. The fourth-order valence-electron chi connectivity index (χ4n) is 1.91. The van der Waals surface area contributed by atoms with Gasteiger partial charge in [-0.05, 0) is 13.0 Å². The van der Waals surface area contributed by atoms with E-state index < -0.39 is 18.2 Å². The number of benzene rings is 1. The van der Waals surface area contributed by atoms with Gasteiger partial charge in [0.25, 0.3) is 0 Å². The lowest BCUT2D eigenvalue weighted by Gasteiger charge is -2.17. The predicted molar refractivity (Wildman–Crippen MR) is 87.3 cm³/mol. The molecule has 10 heteroatoms. The minimum absolute atomic E-state index is 0.0734. The summed E-state index contributed by atoms with van der Waals surface area (Å²) in [5.74, 6) is -1.53. The van der Waals surface area contributed by atoms with Gasteiger partial charge in [0.2, 0.25) is 5.88 Å². The van der Waals surface area contributed by atoms with E-state index in [0.717, 1.165) is 25.4 Å². The van der Waals surface area contributed by atoms with Gasteiger partial charge in [0.1, 0.15) is 11.3 Å². The number of halogens is 3. The van der Waals surface area contributed by atoms with Crippen LogP contribution in [0.25, 0.3) is 5.57 Å². The number of methoxy groups -OCH3 is 1. The Labute approximate surface area is 152 Å². The van der Waals surface area contributed by atoms with Crippen LogP contribution in [0.4, 0.5) is 13.2 Å². The van der Waals surface area contributed by atoms with E-state index in [4.69, 9.17) is 14.2 Å². The molecule has 0 aliphatic carbocycles. The van der Waals surface area contributed by atoms with Crippen molar-refractivity contribution in [1.29, 1.82) is 0 Å². The molecule has 0 aliphatic heterocycles. The number of nitrogens with zero attached hydrogens (tertiary/aromatic N) is 2. The summed E-state index contributed by atoms with van der Waals surface area (Å²) < 4.78 is 52.7. The Balaban J connectivity index is 2.30. The number of hydrogen-bond acceptors (Lipinski definition) is 6. The Morgan fingerprint density at radius 1 is 1.26 bits per heavy atom. The molecule has 144 valence electrons. The van der Waals surface area contributed by atoms with Gasteiger partial charge in [-0.2, -0.15) is 18.2 Å². The van der Waals surface area contributed by atoms with Crippen molar-refractivity contribution in [3.05, 3.63) is 48.4 Å². The average Bonchev–Trinajstić information content (AvgIpc) is 2.59. The second kappa shape index (κ2) is 8.39. The molecular formula is C17H15F3N2O5. The maximum absolute atomic E-state index is 12.6. The topological polar surface area (TPSA) is 90.8 Å². The van der Waals surface area contributed by atoms with Crippen molar-refractivity contribution >= 4 is 11.5 Å². The number of rotatable bonds is 7. The van der Waals surface area contributed by atoms with Gasteiger partial charge < -0.3 is 19.3 Å². The maximum Gasteiger partial charge on any atom is 0.425 e. The molecule has 0 bridgehead atoms. The lowest BCUT2D eigenvalue weighted by Crippen LogP contribution is -2.31. The quantitative estimate of drug-likeness (QED) is 0.575. The smallest absolute Gasteiger partial charge is 0.425 e. The molecule has 7 nitrogen and oxygen atoms in total. The van der Waals surface area contributed by atoms with E-state index in [9.17, 15) is 23.1 Å². The molecule has 0 fully saturated rings. The molecule has 27 heavy (non-hydrogen) atoms. The maximum atomic E-state index is 12.6. The molecule has 0 radical (unpaired) electrons. The molecule has 2 rings (SSSR count). The van der Waals surface area contributed by atoms with Gasteiger partial charge in [0.15, 0.2) is 6.10 Å². The number of hydrogen-bond donors (Lipinski definition) is 1. The van der Waals surface area contributed by atoms with Crippen LogP contribution in [0.15, 0.2) is 42.8 Å². The second-order valence-corrected chi connectivity index (χ2v) is 5.15. The second-order valence-electron chi connectivity index (χ2n) is 5.15. The van der Waals surface area contributed by atoms with Gasteiger partial charge in [-0.1, -0.05) is 18.2 Å². The Kier molecular flexibility index (Phi) is 6.22. The zero-order valence-corrected chi connectivity index (χ0v) is 14.2. The standard InChI is InChI=1S/C17H15F3N2O5/c1-10(17(18,19)20)26-14-7-8-21-16(22-14)27-13-6-4-3-5-11(13)12(9-25-2)15(23)24/h3-10H,1-2H3,(H,23,24). The summed E-state index contributed by atoms with van der Waals surface area (Å²) in [6, 6.07) is 6.93. The molecule has 1 aromatic carbocycles. The Hall–Kier alpha value is -3.30. The van der Waals surface area contributed by atoms with E-state index in [2.05, 4.69) is 9.97 Å². The predicted octanol–water partition coefficient (Wildman–Crippen LogP) is 3.67. The van der Waals surface area contributed by atoms with Crippen molar-refractivity contribution in [2.45, 2.75) is 19.2 Å². The van der Waals surface area contributed by atoms with Crippen LogP contribution in [-0.4, -0.2) is 40.4 Å². The molecule has 1 unspecified atom stereocenters. The van der Waals surface area contributed by atoms with E-state index >= 15 is 0 Å². The van der Waals surface area contributed by atoms with E-state index in [0.29, 0.717) is 0 Å². The highest BCUT2D eigenvalue weighted by Gasteiger charge is 2.38. The highest BCUT2D eigenvalue weighted by molar-refractivity contribution is 6.15. The lowest BCUT2D eigenvalue weighted by atomic mass is 10.1. The fraction of sp³-hybridized carbons (Fsp3) is 0.235. The fourth-order valence-corrected chi connectivity index (χ4v) is 1.91. The first kappa shape index (κ1) is 20.0. The summed E-state index contributed by atoms with van der Waals surface area (Å²) in [7, 11) is 1.29. The minimum atomic E-state index is -4.56. The highest BCUT2D eigenvalue weighted by Crippen LogP contribution is 2.30. The Morgan fingerprint density at radius 2 is 1.96 bits per heavy atom. The summed E-state index contributed by atoms with van der Waals surface area (Å²) in [5.41, 5.74) is -0.0170. The third kappa shape index (κ3) is 5.33. The Bertz CT molecular complexity index is 839. The number of aromatic nitrogens is 2. The molecule has 0 saturated heterocycles. The van der Waals surface area contributed by atoms with Gasteiger partial charge >= 0.3 is 18.2 Å². The molecule has 0 saturated carbocycles. The molecule has 1 aromatic heterocycles. The number of para-hydroxylation sites is 1. The van der Waals surface area contributed by atoms with Crippen LogP contribution in [0.3, 0.4) is 0 Å². The van der Waals surface area contributed by atoms with Crippen molar-refractivity contribution in [2.24, 2.45) is 0 Å². The van der Waals surface area contributed by atoms with E-state index in [-0.39, 0.29) is 28.8 Å². The third-order valence-electron chi connectivity index (χ3n) is 3.21. The van der Waals surface area contributed by atoms with Crippen molar-refractivity contribution in [3.63, 3.8) is 0 Å². The van der Waals surface area contributed by atoms with Crippen LogP contribution in [0.5, 0.6) is 17.6 Å². The van der Waals surface area contributed by atoms with Gasteiger partial charge in [-0.3, -0.25) is 0 Å². The minimum Gasteiger partial charge on any atom is -0.503 e. The SMILES string of the molecule is COC=C(C(=O)O)c1ccccc1Oc1nccc(OC(C)C(F)(F)F)n1. The number of carbonyl (C=O) groups is 1. The van der Waals surface area contributed by atoms with Crippen LogP contribution in [-0.2, 0) is 9.53 Å². The highest BCUT2D eigenvalue weighted by atomic mass is 19.4. The lowest BCUT2D eigenvalue weighted by molar-refractivity contribution is -0.190. The van der Waals surface area contributed by atoms with Gasteiger partial charge in [0.05, 0.1) is 13.4 Å². The Morgan fingerprint density at radius 3 is 2.59 bits per heavy atom. The first-order valence-electron chi connectivity index (χ1n) is 7.52. The molecule has 1 N–H and O–H groups in total. The van der Waals surface area contributed by atoms with Crippen molar-refractivity contribution < 1.29 is 37.3 Å². The molecule has 0 spiro atoms. The first-order valence-corrected chi connectivity index (χ1v) is 7.52.